The molecule has 0 spiro atoms. The Hall–Kier alpha value is -3.08. The summed E-state index contributed by atoms with van der Waals surface area (Å²) in [6.07, 6.45) is 3.24. The van der Waals surface area contributed by atoms with E-state index in [1.165, 1.54) is 17.0 Å². The van der Waals surface area contributed by atoms with Gasteiger partial charge in [0, 0.05) is 24.3 Å². The summed E-state index contributed by atoms with van der Waals surface area (Å²) < 4.78 is 5.79. The fourth-order valence-corrected chi connectivity index (χ4v) is 3.43. The first-order valence-electron chi connectivity index (χ1n) is 10.3. The summed E-state index contributed by atoms with van der Waals surface area (Å²) in [6, 6.07) is 10.6. The normalized spacial score (nSPS) is 12.1. The number of hydrogen-bond donors (Lipinski definition) is 1. The van der Waals surface area contributed by atoms with Crippen LogP contribution in [0, 0.1) is 0 Å². The quantitative estimate of drug-likeness (QED) is 0.630. The number of methoxy groups -OCH3 is 1. The minimum atomic E-state index is -1.07. The van der Waals surface area contributed by atoms with Crippen LogP contribution in [0.5, 0.6) is 5.75 Å². The largest absolute Gasteiger partial charge is 0.496 e. The van der Waals surface area contributed by atoms with Gasteiger partial charge in [-0.3, -0.25) is 4.79 Å². The number of nitrogens with zero attached hydrogens (tertiary/aromatic N) is 1. The van der Waals surface area contributed by atoms with Crippen molar-refractivity contribution in [1.29, 1.82) is 0 Å². The summed E-state index contributed by atoms with van der Waals surface area (Å²) >= 11 is 0. The summed E-state index contributed by atoms with van der Waals surface area (Å²) in [5.41, 5.74) is 3.18. The van der Waals surface area contributed by atoms with Gasteiger partial charge in [0.1, 0.15) is 5.75 Å². The van der Waals surface area contributed by atoms with Gasteiger partial charge in [0.25, 0.3) is 5.91 Å². The van der Waals surface area contributed by atoms with Crippen LogP contribution in [-0.2, 0) is 15.6 Å². The Balaban J connectivity index is 2.48. The van der Waals surface area contributed by atoms with Crippen LogP contribution in [0.4, 0.5) is 5.69 Å². The molecule has 2 rings (SSSR count). The van der Waals surface area contributed by atoms with Crippen molar-refractivity contribution in [2.24, 2.45) is 0 Å². The molecule has 0 fully saturated rings. The lowest BCUT2D eigenvalue weighted by molar-refractivity contribution is -0.113. The van der Waals surface area contributed by atoms with Gasteiger partial charge in [-0.25, -0.2) is 4.79 Å². The molecule has 0 saturated heterocycles. The van der Waals surface area contributed by atoms with Crippen LogP contribution in [0.25, 0.3) is 6.08 Å². The van der Waals surface area contributed by atoms with Gasteiger partial charge in [0.05, 0.1) is 18.4 Å². The molecule has 2 aromatic carbocycles. The number of ether oxygens (including phenoxy) is 1. The molecule has 0 aromatic heterocycles. The monoisotopic (exact) mass is 423 g/mol. The maximum Gasteiger partial charge on any atom is 0.337 e. The minimum absolute atomic E-state index is 0.0845. The maximum absolute atomic E-state index is 12.8. The molecule has 0 aliphatic heterocycles. The van der Waals surface area contributed by atoms with Crippen LogP contribution in [-0.4, -0.2) is 31.1 Å². The molecular formula is C26H33NO4. The maximum atomic E-state index is 12.8. The molecule has 0 unspecified atom stereocenters. The van der Waals surface area contributed by atoms with Gasteiger partial charge < -0.3 is 14.7 Å². The predicted octanol–water partition coefficient (Wildman–Crippen LogP) is 5.66. The lowest BCUT2D eigenvalue weighted by atomic mass is 9.78. The Morgan fingerprint density at radius 3 is 1.94 bits per heavy atom. The average molecular weight is 424 g/mol. The van der Waals surface area contributed by atoms with Crippen LogP contribution < -0.4 is 9.64 Å². The Labute approximate surface area is 185 Å². The molecule has 1 amide bonds. The van der Waals surface area contributed by atoms with Crippen LogP contribution in [0.2, 0.25) is 0 Å². The average Bonchev–Trinajstić information content (AvgIpc) is 2.69. The zero-order valence-corrected chi connectivity index (χ0v) is 19.7. The first kappa shape index (κ1) is 24.2. The molecule has 5 nitrogen and oxygen atoms in total. The molecule has 0 aliphatic carbocycles. The highest BCUT2D eigenvalue weighted by Crippen LogP contribution is 2.40. The van der Waals surface area contributed by atoms with E-state index in [4.69, 9.17) is 4.74 Å². The number of carbonyl (C=O) groups excluding carboxylic acids is 1. The summed E-state index contributed by atoms with van der Waals surface area (Å²) in [5, 5.41) is 9.40. The summed E-state index contributed by atoms with van der Waals surface area (Å²) in [4.78, 5) is 25.6. The number of anilines is 1. The number of hydrogen-bond acceptors (Lipinski definition) is 3. The summed E-state index contributed by atoms with van der Waals surface area (Å²) in [5.74, 6) is -0.505. The topological polar surface area (TPSA) is 66.8 Å². The molecule has 0 radical (unpaired) electrons. The fourth-order valence-electron chi connectivity index (χ4n) is 3.43. The van der Waals surface area contributed by atoms with Gasteiger partial charge in [-0.15, -0.1) is 0 Å². The zero-order valence-electron chi connectivity index (χ0n) is 19.7. The first-order valence-corrected chi connectivity index (χ1v) is 10.3. The summed E-state index contributed by atoms with van der Waals surface area (Å²) in [6.45, 7) is 12.8. The van der Waals surface area contributed by atoms with E-state index in [0.29, 0.717) is 5.69 Å². The molecule has 31 heavy (non-hydrogen) atoms. The number of carboxylic acids is 1. The molecule has 0 atom stereocenters. The van der Waals surface area contributed by atoms with E-state index in [9.17, 15) is 14.7 Å². The minimum Gasteiger partial charge on any atom is -0.496 e. The van der Waals surface area contributed by atoms with Crippen molar-refractivity contribution in [3.8, 4) is 5.75 Å². The van der Waals surface area contributed by atoms with E-state index >= 15 is 0 Å². The van der Waals surface area contributed by atoms with E-state index in [2.05, 4.69) is 41.5 Å². The number of benzene rings is 2. The molecular weight excluding hydrogens is 390 g/mol. The van der Waals surface area contributed by atoms with Gasteiger partial charge in [-0.05, 0) is 46.7 Å². The van der Waals surface area contributed by atoms with Gasteiger partial charge in [-0.2, -0.15) is 0 Å². The third-order valence-corrected chi connectivity index (χ3v) is 5.18. The number of amides is 1. The van der Waals surface area contributed by atoms with Crippen molar-refractivity contribution in [1.82, 2.24) is 0 Å². The number of carboxylic acid groups (broad SMARTS) is 1. The van der Waals surface area contributed by atoms with Crippen LogP contribution in [0.3, 0.4) is 0 Å². The third-order valence-electron chi connectivity index (χ3n) is 5.18. The molecule has 2 aromatic rings. The number of carbonyl (C=O) groups is 2. The SMILES string of the molecule is COc1c(C(C)(C)C)cc(C=CC(=O)N(C)c2ccccc2C(=O)O)cc1C(C)(C)C. The number of para-hydroxylation sites is 1. The smallest absolute Gasteiger partial charge is 0.337 e. The van der Waals surface area contributed by atoms with Gasteiger partial charge in [-0.1, -0.05) is 53.7 Å². The highest BCUT2D eigenvalue weighted by Gasteiger charge is 2.27. The molecule has 1 N–H and O–H groups in total. The number of rotatable bonds is 5. The zero-order chi connectivity index (χ0) is 23.6. The van der Waals surface area contributed by atoms with Crippen molar-refractivity contribution in [3.63, 3.8) is 0 Å². The highest BCUT2D eigenvalue weighted by molar-refractivity contribution is 6.07. The van der Waals surface area contributed by atoms with Gasteiger partial charge in [0.15, 0.2) is 0 Å². The second kappa shape index (κ2) is 8.96. The van der Waals surface area contributed by atoms with E-state index in [0.717, 1.165) is 22.4 Å². The Kier molecular flexibility index (Phi) is 6.99. The second-order valence-electron chi connectivity index (χ2n) is 9.70. The van der Waals surface area contributed by atoms with E-state index in [-0.39, 0.29) is 22.3 Å². The molecule has 5 heteroatoms. The van der Waals surface area contributed by atoms with Crippen LogP contribution in [0.1, 0.15) is 68.6 Å². The lowest BCUT2D eigenvalue weighted by Crippen LogP contribution is -2.26. The van der Waals surface area contributed by atoms with Crippen LogP contribution >= 0.6 is 0 Å². The van der Waals surface area contributed by atoms with Crippen molar-refractivity contribution in [2.75, 3.05) is 19.1 Å². The molecule has 0 aliphatic rings. The van der Waals surface area contributed by atoms with Crippen molar-refractivity contribution in [2.45, 2.75) is 52.4 Å². The van der Waals surface area contributed by atoms with Crippen molar-refractivity contribution >= 4 is 23.6 Å². The second-order valence-corrected chi connectivity index (χ2v) is 9.70. The predicted molar refractivity (Wildman–Crippen MR) is 126 cm³/mol. The van der Waals surface area contributed by atoms with Gasteiger partial charge in [0.2, 0.25) is 0 Å². The highest BCUT2D eigenvalue weighted by atomic mass is 16.5. The third kappa shape index (κ3) is 5.54. The van der Waals surface area contributed by atoms with Crippen molar-refractivity contribution in [3.05, 3.63) is 64.7 Å². The standard InChI is InChI=1S/C26H33NO4/c1-25(2,3)19-15-17(16-20(23(19)31-8)26(4,5)6)13-14-22(28)27(7)21-12-10-9-11-18(21)24(29)30/h9-16H,1-8H3,(H,29,30). The van der Waals surface area contributed by atoms with Crippen LogP contribution in [0.15, 0.2) is 42.5 Å². The van der Waals surface area contributed by atoms with Gasteiger partial charge >= 0.3 is 5.97 Å². The summed E-state index contributed by atoms with van der Waals surface area (Å²) in [7, 11) is 3.26. The fraction of sp³-hybridized carbons (Fsp3) is 0.385. The first-order chi connectivity index (χ1) is 14.3. The molecule has 0 heterocycles. The molecule has 0 saturated carbocycles. The Morgan fingerprint density at radius 1 is 0.968 bits per heavy atom. The Bertz CT molecular complexity index is 972. The number of likely N-dealkylation sites (N-methyl/N-ethyl adjacent to an activating group) is 1. The van der Waals surface area contributed by atoms with E-state index in [1.54, 1.807) is 38.4 Å². The van der Waals surface area contributed by atoms with Crippen molar-refractivity contribution < 1.29 is 19.4 Å². The number of aromatic carboxylic acids is 1. The van der Waals surface area contributed by atoms with E-state index < -0.39 is 5.97 Å². The molecule has 0 bridgehead atoms. The van der Waals surface area contributed by atoms with E-state index in [1.807, 2.05) is 12.1 Å². The molecule has 166 valence electrons. The Morgan fingerprint density at radius 2 is 1.48 bits per heavy atom. The lowest BCUT2D eigenvalue weighted by Gasteiger charge is -2.29.